The summed E-state index contributed by atoms with van der Waals surface area (Å²) in [5, 5.41) is 3.15. The van der Waals surface area contributed by atoms with Crippen LogP contribution in [0.15, 0.2) is 48.5 Å². The molecule has 0 radical (unpaired) electrons. The van der Waals surface area contributed by atoms with Gasteiger partial charge in [0.2, 0.25) is 11.8 Å². The van der Waals surface area contributed by atoms with Crippen molar-refractivity contribution in [3.63, 3.8) is 0 Å². The lowest BCUT2D eigenvalue weighted by atomic mass is 10.0. The predicted octanol–water partition coefficient (Wildman–Crippen LogP) is 4.32. The van der Waals surface area contributed by atoms with Crippen LogP contribution in [0.1, 0.15) is 54.9 Å². The second kappa shape index (κ2) is 9.73. The van der Waals surface area contributed by atoms with Gasteiger partial charge in [0.15, 0.2) is 0 Å². The Morgan fingerprint density at radius 1 is 1.07 bits per heavy atom. The molecule has 0 spiro atoms. The molecule has 1 aliphatic carbocycles. The van der Waals surface area contributed by atoms with E-state index in [4.69, 9.17) is 0 Å². The fourth-order valence-corrected chi connectivity index (χ4v) is 4.04. The SMILES string of the molecule is Cc1cccc(CC(=O)N(Cc2ccccc2C)C(C)C(=O)NC2CCCC2)c1. The molecule has 29 heavy (non-hydrogen) atoms. The fraction of sp³-hybridized carbons (Fsp3) is 0.440. The van der Waals surface area contributed by atoms with Crippen molar-refractivity contribution in [1.29, 1.82) is 0 Å². The van der Waals surface area contributed by atoms with Crippen molar-refractivity contribution in [2.45, 2.75) is 71.5 Å². The number of aryl methyl sites for hydroxylation is 2. The Balaban J connectivity index is 1.78. The molecule has 0 saturated heterocycles. The Hall–Kier alpha value is -2.62. The van der Waals surface area contributed by atoms with Gasteiger partial charge in [-0.1, -0.05) is 66.9 Å². The number of nitrogens with zero attached hydrogens (tertiary/aromatic N) is 1. The van der Waals surface area contributed by atoms with Gasteiger partial charge in [0.25, 0.3) is 0 Å². The molecule has 0 aromatic heterocycles. The van der Waals surface area contributed by atoms with Crippen LogP contribution in [0.25, 0.3) is 0 Å². The van der Waals surface area contributed by atoms with Gasteiger partial charge in [0.1, 0.15) is 6.04 Å². The first kappa shape index (κ1) is 21.1. The quantitative estimate of drug-likeness (QED) is 0.763. The zero-order chi connectivity index (χ0) is 20.8. The number of carbonyl (C=O) groups is 2. The van der Waals surface area contributed by atoms with Gasteiger partial charge in [-0.25, -0.2) is 0 Å². The zero-order valence-electron chi connectivity index (χ0n) is 17.8. The minimum absolute atomic E-state index is 0.0204. The minimum Gasteiger partial charge on any atom is -0.352 e. The Morgan fingerprint density at radius 3 is 2.48 bits per heavy atom. The van der Waals surface area contributed by atoms with E-state index in [1.807, 2.05) is 69.3 Å². The van der Waals surface area contributed by atoms with Gasteiger partial charge >= 0.3 is 0 Å². The van der Waals surface area contributed by atoms with Gasteiger partial charge in [0.05, 0.1) is 6.42 Å². The average molecular weight is 393 g/mol. The summed E-state index contributed by atoms with van der Waals surface area (Å²) in [5.74, 6) is -0.0731. The molecular weight excluding hydrogens is 360 g/mol. The molecule has 154 valence electrons. The van der Waals surface area contributed by atoms with Crippen molar-refractivity contribution in [3.8, 4) is 0 Å². The smallest absolute Gasteiger partial charge is 0.242 e. The number of benzene rings is 2. The Morgan fingerprint density at radius 2 is 1.79 bits per heavy atom. The molecule has 2 aromatic rings. The highest BCUT2D eigenvalue weighted by Crippen LogP contribution is 2.19. The first-order valence-electron chi connectivity index (χ1n) is 10.6. The molecule has 1 N–H and O–H groups in total. The van der Waals surface area contributed by atoms with E-state index >= 15 is 0 Å². The van der Waals surface area contributed by atoms with Crippen LogP contribution >= 0.6 is 0 Å². The van der Waals surface area contributed by atoms with E-state index in [2.05, 4.69) is 5.32 Å². The van der Waals surface area contributed by atoms with Crippen LogP contribution in [0.2, 0.25) is 0 Å². The molecule has 1 fully saturated rings. The molecule has 1 aliphatic rings. The highest BCUT2D eigenvalue weighted by molar-refractivity contribution is 5.88. The third-order valence-electron chi connectivity index (χ3n) is 5.91. The largest absolute Gasteiger partial charge is 0.352 e. The lowest BCUT2D eigenvalue weighted by Gasteiger charge is -2.30. The van der Waals surface area contributed by atoms with E-state index in [0.29, 0.717) is 13.0 Å². The topological polar surface area (TPSA) is 49.4 Å². The molecule has 0 aliphatic heterocycles. The zero-order valence-corrected chi connectivity index (χ0v) is 17.8. The van der Waals surface area contributed by atoms with Crippen LogP contribution in [-0.4, -0.2) is 28.8 Å². The van der Waals surface area contributed by atoms with Gasteiger partial charge in [-0.2, -0.15) is 0 Å². The molecule has 0 heterocycles. The summed E-state index contributed by atoms with van der Waals surface area (Å²) < 4.78 is 0. The maximum Gasteiger partial charge on any atom is 0.242 e. The van der Waals surface area contributed by atoms with E-state index in [9.17, 15) is 9.59 Å². The maximum atomic E-state index is 13.3. The highest BCUT2D eigenvalue weighted by Gasteiger charge is 2.28. The minimum atomic E-state index is -0.507. The number of hydrogen-bond acceptors (Lipinski definition) is 2. The maximum absolute atomic E-state index is 13.3. The van der Waals surface area contributed by atoms with Gasteiger partial charge in [-0.05, 0) is 50.3 Å². The number of nitrogens with one attached hydrogen (secondary N) is 1. The molecule has 4 nitrogen and oxygen atoms in total. The lowest BCUT2D eigenvalue weighted by molar-refractivity contribution is -0.140. The lowest BCUT2D eigenvalue weighted by Crippen LogP contribution is -2.50. The summed E-state index contributed by atoms with van der Waals surface area (Å²) in [6, 6.07) is 15.8. The van der Waals surface area contributed by atoms with Gasteiger partial charge < -0.3 is 10.2 Å². The predicted molar refractivity (Wildman–Crippen MR) is 116 cm³/mol. The summed E-state index contributed by atoms with van der Waals surface area (Å²) in [4.78, 5) is 27.9. The summed E-state index contributed by atoms with van der Waals surface area (Å²) in [6.45, 7) is 6.35. The molecule has 0 bridgehead atoms. The third kappa shape index (κ3) is 5.69. The van der Waals surface area contributed by atoms with Crippen LogP contribution in [0, 0.1) is 13.8 Å². The summed E-state index contributed by atoms with van der Waals surface area (Å²) in [6.07, 6.45) is 4.70. The number of amides is 2. The van der Waals surface area contributed by atoms with Crippen molar-refractivity contribution >= 4 is 11.8 Å². The van der Waals surface area contributed by atoms with E-state index in [-0.39, 0.29) is 17.9 Å². The van der Waals surface area contributed by atoms with Crippen molar-refractivity contribution in [2.75, 3.05) is 0 Å². The Labute approximate surface area is 174 Å². The highest BCUT2D eigenvalue weighted by atomic mass is 16.2. The molecule has 1 atom stereocenters. The number of carbonyl (C=O) groups excluding carboxylic acids is 2. The summed E-state index contributed by atoms with van der Waals surface area (Å²) >= 11 is 0. The first-order valence-corrected chi connectivity index (χ1v) is 10.6. The van der Waals surface area contributed by atoms with Crippen molar-refractivity contribution in [3.05, 3.63) is 70.8 Å². The van der Waals surface area contributed by atoms with Crippen LogP contribution in [0.4, 0.5) is 0 Å². The molecule has 2 aromatic carbocycles. The van der Waals surface area contributed by atoms with Crippen LogP contribution in [0.3, 0.4) is 0 Å². The Kier molecular flexibility index (Phi) is 7.08. The molecule has 1 saturated carbocycles. The number of rotatable bonds is 7. The van der Waals surface area contributed by atoms with Gasteiger partial charge in [-0.3, -0.25) is 9.59 Å². The molecular formula is C25H32N2O2. The van der Waals surface area contributed by atoms with Crippen molar-refractivity contribution in [1.82, 2.24) is 10.2 Å². The monoisotopic (exact) mass is 392 g/mol. The first-order chi connectivity index (χ1) is 13.9. The standard InChI is InChI=1S/C25H32N2O2/c1-18-9-8-11-21(15-18)16-24(28)27(17-22-12-5-4-10-19(22)2)20(3)25(29)26-23-13-6-7-14-23/h4-5,8-12,15,20,23H,6-7,13-14,16-17H2,1-3H3,(H,26,29). The third-order valence-corrected chi connectivity index (χ3v) is 5.91. The molecule has 1 unspecified atom stereocenters. The molecule has 2 amide bonds. The fourth-order valence-electron chi connectivity index (χ4n) is 4.04. The molecule has 4 heteroatoms. The van der Waals surface area contributed by atoms with E-state index in [0.717, 1.165) is 35.1 Å². The average Bonchev–Trinajstić information content (AvgIpc) is 3.19. The van der Waals surface area contributed by atoms with Crippen molar-refractivity contribution < 1.29 is 9.59 Å². The van der Waals surface area contributed by atoms with Gasteiger partial charge in [0, 0.05) is 12.6 Å². The molecule has 3 rings (SSSR count). The van der Waals surface area contributed by atoms with E-state index in [1.54, 1.807) is 4.90 Å². The summed E-state index contributed by atoms with van der Waals surface area (Å²) in [5.41, 5.74) is 4.32. The number of hydrogen-bond donors (Lipinski definition) is 1. The second-order valence-corrected chi connectivity index (χ2v) is 8.28. The van der Waals surface area contributed by atoms with Crippen LogP contribution in [0.5, 0.6) is 0 Å². The van der Waals surface area contributed by atoms with E-state index in [1.165, 1.54) is 12.8 Å². The second-order valence-electron chi connectivity index (χ2n) is 8.28. The Bertz CT molecular complexity index is 855. The van der Waals surface area contributed by atoms with Crippen LogP contribution in [-0.2, 0) is 22.6 Å². The van der Waals surface area contributed by atoms with Crippen molar-refractivity contribution in [2.24, 2.45) is 0 Å². The van der Waals surface area contributed by atoms with Gasteiger partial charge in [-0.15, -0.1) is 0 Å². The van der Waals surface area contributed by atoms with E-state index < -0.39 is 6.04 Å². The summed E-state index contributed by atoms with van der Waals surface area (Å²) in [7, 11) is 0. The normalized spacial score (nSPS) is 15.1. The van der Waals surface area contributed by atoms with Crippen LogP contribution < -0.4 is 5.32 Å².